The number of halogens is 1. The van der Waals surface area contributed by atoms with Crippen molar-refractivity contribution in [2.45, 2.75) is 33.5 Å². The molecule has 0 saturated heterocycles. The average molecular weight is 449 g/mol. The maximum absolute atomic E-state index is 13.5. The van der Waals surface area contributed by atoms with Crippen LogP contribution in [0.25, 0.3) is 10.6 Å². The Hall–Kier alpha value is -3.29. The Morgan fingerprint density at radius 1 is 1.12 bits per heavy atom. The van der Waals surface area contributed by atoms with E-state index in [1.54, 1.807) is 6.07 Å². The maximum Gasteiger partial charge on any atom is 0.253 e. The van der Waals surface area contributed by atoms with Crippen LogP contribution < -0.4 is 11.1 Å². The Morgan fingerprint density at radius 2 is 1.88 bits per heavy atom. The van der Waals surface area contributed by atoms with Crippen molar-refractivity contribution in [2.24, 2.45) is 5.73 Å². The van der Waals surface area contributed by atoms with Crippen molar-refractivity contribution in [2.75, 3.05) is 0 Å². The Balaban J connectivity index is 1.46. The van der Waals surface area contributed by atoms with Gasteiger partial charge in [0.05, 0.1) is 17.8 Å². The fraction of sp³-hybridized carbons (Fsp3) is 0.200. The van der Waals surface area contributed by atoms with Crippen molar-refractivity contribution in [3.63, 3.8) is 0 Å². The summed E-state index contributed by atoms with van der Waals surface area (Å²) in [5, 5.41) is 5.75. The summed E-state index contributed by atoms with van der Waals surface area (Å²) in [5.74, 6) is -0.381. The normalized spacial score (nSPS) is 11.0. The number of amides is 1. The minimum atomic E-state index is -0.276. The average Bonchev–Trinajstić information content (AvgIpc) is 3.38. The van der Waals surface area contributed by atoms with Crippen LogP contribution in [-0.4, -0.2) is 15.5 Å². The number of nitrogens with two attached hydrogens (primary N) is 1. The molecule has 32 heavy (non-hydrogen) atoms. The number of carbonyl (C=O) groups excluding carboxylic acids is 1. The quantitative estimate of drug-likeness (QED) is 0.426. The van der Waals surface area contributed by atoms with E-state index in [4.69, 9.17) is 5.73 Å². The van der Waals surface area contributed by atoms with E-state index in [1.165, 1.54) is 23.5 Å². The number of hydrogen-bond donors (Lipinski definition) is 2. The summed E-state index contributed by atoms with van der Waals surface area (Å²) >= 11 is 1.49. The molecule has 2 heterocycles. The van der Waals surface area contributed by atoms with Crippen LogP contribution in [0.15, 0.2) is 60.0 Å². The number of aryl methyl sites for hydroxylation is 1. The van der Waals surface area contributed by atoms with Crippen LogP contribution in [-0.2, 0) is 19.6 Å². The molecule has 0 saturated carbocycles. The van der Waals surface area contributed by atoms with Gasteiger partial charge >= 0.3 is 0 Å². The van der Waals surface area contributed by atoms with E-state index in [9.17, 15) is 9.18 Å². The van der Waals surface area contributed by atoms with Crippen molar-refractivity contribution >= 4 is 17.2 Å². The Labute approximate surface area is 190 Å². The lowest BCUT2D eigenvalue weighted by molar-refractivity contribution is 0.0950. The Morgan fingerprint density at radius 3 is 2.59 bits per heavy atom. The van der Waals surface area contributed by atoms with E-state index in [2.05, 4.69) is 14.9 Å². The molecule has 2 aromatic heterocycles. The topological polar surface area (TPSA) is 72.9 Å². The van der Waals surface area contributed by atoms with Crippen LogP contribution in [0.5, 0.6) is 0 Å². The van der Waals surface area contributed by atoms with Gasteiger partial charge in [0.1, 0.15) is 10.8 Å². The summed E-state index contributed by atoms with van der Waals surface area (Å²) in [6, 6.07) is 16.2. The monoisotopic (exact) mass is 448 g/mol. The van der Waals surface area contributed by atoms with E-state index in [0.717, 1.165) is 38.8 Å². The third-order valence-corrected chi connectivity index (χ3v) is 6.41. The highest BCUT2D eigenvalue weighted by atomic mass is 32.1. The van der Waals surface area contributed by atoms with Crippen LogP contribution in [0, 0.1) is 19.7 Å². The highest BCUT2D eigenvalue weighted by Crippen LogP contribution is 2.25. The summed E-state index contributed by atoms with van der Waals surface area (Å²) < 4.78 is 15.6. The molecule has 0 fully saturated rings. The summed E-state index contributed by atoms with van der Waals surface area (Å²) in [6.07, 6.45) is 0. The SMILES string of the molecule is Cc1cc(C(=O)NCc2ccc(CN)cc2)c(C)n1Cc1csc(-c2cccc(F)c2)n1. The second kappa shape index (κ2) is 9.46. The van der Waals surface area contributed by atoms with E-state index < -0.39 is 0 Å². The van der Waals surface area contributed by atoms with Gasteiger partial charge in [0.15, 0.2) is 0 Å². The fourth-order valence-electron chi connectivity index (χ4n) is 3.64. The van der Waals surface area contributed by atoms with Gasteiger partial charge in [-0.05, 0) is 43.2 Å². The molecular weight excluding hydrogens is 423 g/mol. The summed E-state index contributed by atoms with van der Waals surface area (Å²) in [7, 11) is 0. The third-order valence-electron chi connectivity index (χ3n) is 5.47. The van der Waals surface area contributed by atoms with Gasteiger partial charge in [-0.15, -0.1) is 11.3 Å². The van der Waals surface area contributed by atoms with Crippen molar-refractivity contribution in [1.29, 1.82) is 0 Å². The smallest absolute Gasteiger partial charge is 0.253 e. The van der Waals surface area contributed by atoms with Crippen LogP contribution in [0.3, 0.4) is 0 Å². The number of nitrogens with one attached hydrogen (secondary N) is 1. The van der Waals surface area contributed by atoms with Gasteiger partial charge in [0.2, 0.25) is 0 Å². The molecule has 5 nitrogen and oxygen atoms in total. The first-order valence-electron chi connectivity index (χ1n) is 10.4. The molecule has 1 amide bonds. The summed E-state index contributed by atoms with van der Waals surface area (Å²) in [6.45, 7) is 5.43. The molecule has 2 aromatic carbocycles. The zero-order chi connectivity index (χ0) is 22.7. The number of nitrogens with zero attached hydrogens (tertiary/aromatic N) is 2. The second-order valence-corrected chi connectivity index (χ2v) is 8.59. The Bertz CT molecular complexity index is 1240. The Kier molecular flexibility index (Phi) is 6.48. The molecule has 0 aliphatic heterocycles. The van der Waals surface area contributed by atoms with Gasteiger partial charge in [-0.2, -0.15) is 0 Å². The van der Waals surface area contributed by atoms with Gasteiger partial charge in [-0.3, -0.25) is 4.79 Å². The predicted octanol–water partition coefficient (Wildman–Crippen LogP) is 4.80. The van der Waals surface area contributed by atoms with Gasteiger partial charge in [0, 0.05) is 35.4 Å². The molecule has 0 aliphatic rings. The number of rotatable bonds is 7. The van der Waals surface area contributed by atoms with Gasteiger partial charge in [-0.25, -0.2) is 9.37 Å². The lowest BCUT2D eigenvalue weighted by Gasteiger charge is -2.09. The molecule has 0 spiro atoms. The van der Waals surface area contributed by atoms with E-state index in [-0.39, 0.29) is 11.7 Å². The number of hydrogen-bond acceptors (Lipinski definition) is 4. The molecule has 4 aromatic rings. The first-order valence-corrected chi connectivity index (χ1v) is 11.3. The molecule has 0 aliphatic carbocycles. The number of thiazole rings is 1. The zero-order valence-corrected chi connectivity index (χ0v) is 18.9. The minimum Gasteiger partial charge on any atom is -0.348 e. The van der Waals surface area contributed by atoms with Gasteiger partial charge in [-0.1, -0.05) is 36.4 Å². The molecule has 3 N–H and O–H groups in total. The molecule has 164 valence electrons. The van der Waals surface area contributed by atoms with Gasteiger partial charge < -0.3 is 15.6 Å². The van der Waals surface area contributed by atoms with Crippen LogP contribution in [0.1, 0.15) is 38.6 Å². The summed E-state index contributed by atoms with van der Waals surface area (Å²) in [4.78, 5) is 17.5. The molecule has 4 rings (SSSR count). The highest BCUT2D eigenvalue weighted by Gasteiger charge is 2.17. The van der Waals surface area contributed by atoms with E-state index in [1.807, 2.05) is 55.6 Å². The number of benzene rings is 2. The zero-order valence-electron chi connectivity index (χ0n) is 18.1. The van der Waals surface area contributed by atoms with E-state index in [0.29, 0.717) is 25.2 Å². The molecular formula is C25H25FN4OS. The third kappa shape index (κ3) is 4.79. The number of aromatic nitrogens is 2. The first kappa shape index (κ1) is 21.9. The largest absolute Gasteiger partial charge is 0.348 e. The lowest BCUT2D eigenvalue weighted by Crippen LogP contribution is -2.23. The molecule has 0 unspecified atom stereocenters. The maximum atomic E-state index is 13.5. The summed E-state index contributed by atoms with van der Waals surface area (Å²) in [5.41, 5.74) is 11.9. The number of carbonyl (C=O) groups is 1. The minimum absolute atomic E-state index is 0.106. The van der Waals surface area contributed by atoms with Crippen LogP contribution in [0.4, 0.5) is 4.39 Å². The van der Waals surface area contributed by atoms with Crippen molar-refractivity contribution in [3.8, 4) is 10.6 Å². The molecule has 0 atom stereocenters. The predicted molar refractivity (Wildman–Crippen MR) is 126 cm³/mol. The van der Waals surface area contributed by atoms with Gasteiger partial charge in [0.25, 0.3) is 5.91 Å². The van der Waals surface area contributed by atoms with Crippen molar-refractivity contribution < 1.29 is 9.18 Å². The van der Waals surface area contributed by atoms with Crippen molar-refractivity contribution in [1.82, 2.24) is 14.9 Å². The lowest BCUT2D eigenvalue weighted by atomic mass is 10.1. The second-order valence-electron chi connectivity index (χ2n) is 7.73. The molecule has 0 bridgehead atoms. The van der Waals surface area contributed by atoms with Crippen molar-refractivity contribution in [3.05, 3.63) is 99.6 Å². The van der Waals surface area contributed by atoms with Crippen LogP contribution >= 0.6 is 11.3 Å². The fourth-order valence-corrected chi connectivity index (χ4v) is 4.45. The molecule has 7 heteroatoms. The highest BCUT2D eigenvalue weighted by molar-refractivity contribution is 7.13. The van der Waals surface area contributed by atoms with Crippen LogP contribution in [0.2, 0.25) is 0 Å². The first-order chi connectivity index (χ1) is 15.4. The standard InChI is InChI=1S/C25H25FN4OS/c1-16-10-23(24(31)28-13-19-8-6-18(12-27)7-9-19)17(2)30(16)14-22-15-32-25(29-22)20-4-3-5-21(26)11-20/h3-11,15H,12-14,27H2,1-2H3,(H,28,31). The molecule has 0 radical (unpaired) electrons. The van der Waals surface area contributed by atoms with E-state index >= 15 is 0 Å².